The Bertz CT molecular complexity index is 991. The normalized spacial score (nSPS) is 12.2. The number of nitrogens with one attached hydrogen (secondary N) is 1. The first kappa shape index (κ1) is 22.0. The molecule has 150 valence electrons. The van der Waals surface area contributed by atoms with E-state index in [4.69, 9.17) is 27.9 Å². The lowest BCUT2D eigenvalue weighted by Gasteiger charge is -2.28. The molecule has 1 amide bonds. The van der Waals surface area contributed by atoms with E-state index in [9.17, 15) is 18.0 Å². The van der Waals surface area contributed by atoms with E-state index in [2.05, 4.69) is 5.32 Å². The topological polar surface area (TPSA) is 92.8 Å². The molecule has 0 aromatic heterocycles. The number of esters is 1. The summed E-state index contributed by atoms with van der Waals surface area (Å²) >= 11 is 11.9. The number of amides is 1. The number of sulfonamides is 1. The molecule has 0 saturated carbocycles. The number of hydrogen-bond donors (Lipinski definition) is 1. The first-order valence-electron chi connectivity index (χ1n) is 7.98. The highest BCUT2D eigenvalue weighted by Gasteiger charge is 2.30. The lowest BCUT2D eigenvalue weighted by Crippen LogP contribution is -2.45. The number of carbonyl (C=O) groups excluding carboxylic acids is 2. The molecule has 2 rings (SSSR count). The molecule has 2 aromatic carbocycles. The summed E-state index contributed by atoms with van der Waals surface area (Å²) < 4.78 is 30.3. The molecule has 0 aliphatic heterocycles. The van der Waals surface area contributed by atoms with Crippen LogP contribution in [-0.2, 0) is 19.6 Å². The Morgan fingerprint density at radius 1 is 1.11 bits per heavy atom. The number of methoxy groups -OCH3 is 1. The Balaban J connectivity index is 2.40. The van der Waals surface area contributed by atoms with E-state index in [0.29, 0.717) is 0 Å². The summed E-state index contributed by atoms with van der Waals surface area (Å²) in [6.07, 6.45) is 0.966. The average molecular weight is 445 g/mol. The predicted octanol–water partition coefficient (Wildman–Crippen LogP) is 3.57. The van der Waals surface area contributed by atoms with Gasteiger partial charge in [-0.3, -0.25) is 9.10 Å². The highest BCUT2D eigenvalue weighted by molar-refractivity contribution is 7.92. The van der Waals surface area contributed by atoms with Crippen LogP contribution in [0.15, 0.2) is 42.5 Å². The third kappa shape index (κ3) is 5.15. The number of rotatable bonds is 6. The molecule has 0 spiro atoms. The number of benzene rings is 2. The maximum Gasteiger partial charge on any atom is 0.339 e. The fraction of sp³-hybridized carbons (Fsp3) is 0.222. The summed E-state index contributed by atoms with van der Waals surface area (Å²) in [5.41, 5.74) is 0.481. The fourth-order valence-electron chi connectivity index (χ4n) is 2.59. The summed E-state index contributed by atoms with van der Waals surface area (Å²) in [5.74, 6) is -1.29. The number of nitrogens with zero attached hydrogens (tertiary/aromatic N) is 1. The summed E-state index contributed by atoms with van der Waals surface area (Å²) in [6.45, 7) is 1.41. The van der Waals surface area contributed by atoms with Gasteiger partial charge >= 0.3 is 5.97 Å². The molecule has 28 heavy (non-hydrogen) atoms. The molecule has 1 atom stereocenters. The molecule has 0 saturated heterocycles. The highest BCUT2D eigenvalue weighted by Crippen LogP contribution is 2.29. The van der Waals surface area contributed by atoms with Crippen molar-refractivity contribution < 1.29 is 22.7 Å². The Kier molecular flexibility index (Phi) is 6.92. The number of anilines is 2. The van der Waals surface area contributed by atoms with Crippen molar-refractivity contribution in [2.75, 3.05) is 23.0 Å². The summed E-state index contributed by atoms with van der Waals surface area (Å²) in [5, 5.41) is 3.01. The van der Waals surface area contributed by atoms with Gasteiger partial charge in [-0.25, -0.2) is 13.2 Å². The molecule has 7 nitrogen and oxygen atoms in total. The highest BCUT2D eigenvalue weighted by atomic mass is 35.5. The molecule has 0 unspecified atom stereocenters. The van der Waals surface area contributed by atoms with Crippen LogP contribution in [0.25, 0.3) is 0 Å². The quantitative estimate of drug-likeness (QED) is 0.687. The Labute approximate surface area is 173 Å². The van der Waals surface area contributed by atoms with Crippen LogP contribution in [-0.4, -0.2) is 39.7 Å². The van der Waals surface area contributed by atoms with Crippen LogP contribution >= 0.6 is 23.2 Å². The molecule has 1 N–H and O–H groups in total. The summed E-state index contributed by atoms with van der Waals surface area (Å²) in [6, 6.07) is 9.30. The molecular weight excluding hydrogens is 427 g/mol. The Morgan fingerprint density at radius 2 is 1.68 bits per heavy atom. The van der Waals surface area contributed by atoms with Gasteiger partial charge in [0.15, 0.2) is 0 Å². The molecule has 0 aliphatic carbocycles. The smallest absolute Gasteiger partial charge is 0.339 e. The van der Waals surface area contributed by atoms with Gasteiger partial charge in [-0.2, -0.15) is 0 Å². The lowest BCUT2D eigenvalue weighted by molar-refractivity contribution is -0.116. The second-order valence-electron chi connectivity index (χ2n) is 5.89. The Morgan fingerprint density at radius 3 is 2.21 bits per heavy atom. The number of para-hydroxylation sites is 1. The van der Waals surface area contributed by atoms with Crippen molar-refractivity contribution in [3.63, 3.8) is 0 Å². The van der Waals surface area contributed by atoms with Crippen molar-refractivity contribution in [2.45, 2.75) is 13.0 Å². The number of hydrogen-bond acceptors (Lipinski definition) is 5. The molecule has 10 heteroatoms. The minimum absolute atomic E-state index is 0.141. The van der Waals surface area contributed by atoms with Crippen LogP contribution < -0.4 is 9.62 Å². The van der Waals surface area contributed by atoms with Crippen LogP contribution in [0.3, 0.4) is 0 Å². The molecule has 0 radical (unpaired) electrons. The van der Waals surface area contributed by atoms with Crippen molar-refractivity contribution in [3.8, 4) is 0 Å². The monoisotopic (exact) mass is 444 g/mol. The Hall–Kier alpha value is -2.29. The zero-order valence-corrected chi connectivity index (χ0v) is 17.6. The zero-order chi connectivity index (χ0) is 21.1. The van der Waals surface area contributed by atoms with E-state index in [1.165, 1.54) is 44.4 Å². The van der Waals surface area contributed by atoms with Crippen molar-refractivity contribution in [3.05, 3.63) is 58.1 Å². The van der Waals surface area contributed by atoms with E-state index in [1.807, 2.05) is 0 Å². The van der Waals surface area contributed by atoms with E-state index in [-0.39, 0.29) is 27.0 Å². The van der Waals surface area contributed by atoms with E-state index >= 15 is 0 Å². The summed E-state index contributed by atoms with van der Waals surface area (Å²) in [4.78, 5) is 24.6. The van der Waals surface area contributed by atoms with E-state index in [0.717, 1.165) is 10.6 Å². The average Bonchev–Trinajstić information content (AvgIpc) is 2.59. The maximum absolute atomic E-state index is 12.8. The van der Waals surface area contributed by atoms with Gasteiger partial charge in [-0.05, 0) is 37.3 Å². The number of carbonyl (C=O) groups is 2. The van der Waals surface area contributed by atoms with Crippen LogP contribution in [0, 0.1) is 0 Å². The van der Waals surface area contributed by atoms with Gasteiger partial charge < -0.3 is 10.1 Å². The van der Waals surface area contributed by atoms with Gasteiger partial charge in [-0.1, -0.05) is 35.3 Å². The van der Waals surface area contributed by atoms with Gasteiger partial charge in [0.25, 0.3) is 0 Å². The van der Waals surface area contributed by atoms with Gasteiger partial charge in [0.05, 0.1) is 30.3 Å². The van der Waals surface area contributed by atoms with Crippen LogP contribution in [0.1, 0.15) is 17.3 Å². The minimum Gasteiger partial charge on any atom is -0.465 e. The van der Waals surface area contributed by atoms with Gasteiger partial charge in [0.2, 0.25) is 15.9 Å². The fourth-order valence-corrected chi connectivity index (χ4v) is 4.27. The van der Waals surface area contributed by atoms with Gasteiger partial charge in [0.1, 0.15) is 6.04 Å². The van der Waals surface area contributed by atoms with Gasteiger partial charge in [-0.15, -0.1) is 0 Å². The standard InChI is InChI=1S/C18H18Cl2N2O5S/c1-11(17(23)21-16-7-5-4-6-15(16)18(24)27-2)22(28(3,25)26)14-9-12(19)8-13(20)10-14/h4-11H,1-3H3,(H,21,23)/t11-/m0/s1. The molecule has 0 fully saturated rings. The third-order valence-corrected chi connectivity index (χ3v) is 5.46. The van der Waals surface area contributed by atoms with E-state index in [1.54, 1.807) is 12.1 Å². The van der Waals surface area contributed by atoms with Crippen molar-refractivity contribution in [1.29, 1.82) is 0 Å². The second kappa shape index (κ2) is 8.81. The van der Waals surface area contributed by atoms with Crippen LogP contribution in [0.2, 0.25) is 10.0 Å². The third-order valence-electron chi connectivity index (χ3n) is 3.78. The van der Waals surface area contributed by atoms with E-state index < -0.39 is 27.9 Å². The second-order valence-corrected chi connectivity index (χ2v) is 8.62. The molecule has 2 aromatic rings. The van der Waals surface area contributed by atoms with Crippen molar-refractivity contribution >= 4 is 56.5 Å². The predicted molar refractivity (Wildman–Crippen MR) is 110 cm³/mol. The first-order chi connectivity index (χ1) is 13.0. The molecule has 0 aliphatic rings. The van der Waals surface area contributed by atoms with Crippen LogP contribution in [0.4, 0.5) is 11.4 Å². The number of halogens is 2. The summed E-state index contributed by atoms with van der Waals surface area (Å²) in [7, 11) is -2.64. The van der Waals surface area contributed by atoms with Crippen molar-refractivity contribution in [1.82, 2.24) is 0 Å². The van der Waals surface area contributed by atoms with Crippen molar-refractivity contribution in [2.24, 2.45) is 0 Å². The maximum atomic E-state index is 12.8. The molecule has 0 heterocycles. The molecule has 0 bridgehead atoms. The zero-order valence-electron chi connectivity index (χ0n) is 15.3. The minimum atomic E-state index is -3.86. The van der Waals surface area contributed by atoms with Gasteiger partial charge in [0, 0.05) is 10.0 Å². The largest absolute Gasteiger partial charge is 0.465 e. The SMILES string of the molecule is COC(=O)c1ccccc1NC(=O)[C@H](C)N(c1cc(Cl)cc(Cl)c1)S(C)(=O)=O. The lowest BCUT2D eigenvalue weighted by atomic mass is 10.1. The number of ether oxygens (including phenoxy) is 1. The van der Waals surface area contributed by atoms with Crippen LogP contribution in [0.5, 0.6) is 0 Å². The first-order valence-corrected chi connectivity index (χ1v) is 10.6. The molecular formula is C18H18Cl2N2O5S.